The van der Waals surface area contributed by atoms with Gasteiger partial charge in [0.2, 0.25) is 0 Å². The summed E-state index contributed by atoms with van der Waals surface area (Å²) in [5.74, 6) is 0. The minimum Gasteiger partial charge on any atom is -0.474 e. The fourth-order valence-electron chi connectivity index (χ4n) is 0.202. The van der Waals surface area contributed by atoms with Gasteiger partial charge in [-0.25, -0.2) is 0 Å². The van der Waals surface area contributed by atoms with Gasteiger partial charge in [-0.1, -0.05) is 11.4 Å². The predicted octanol–water partition coefficient (Wildman–Crippen LogP) is -1.32. The van der Waals surface area contributed by atoms with Crippen molar-refractivity contribution >= 4 is 20.5 Å². The van der Waals surface area contributed by atoms with Crippen molar-refractivity contribution in [3.63, 3.8) is 0 Å². The van der Waals surface area contributed by atoms with E-state index in [1.54, 1.807) is 12.5 Å². The summed E-state index contributed by atoms with van der Waals surface area (Å²) < 4.78 is 4.84. The quantitative estimate of drug-likeness (QED) is 0.333. The summed E-state index contributed by atoms with van der Waals surface area (Å²) in [6.07, 6.45) is 3.42. The Bertz CT molecular complexity index is 67.8. The van der Waals surface area contributed by atoms with Crippen molar-refractivity contribution in [3.8, 4) is 0 Å². The average Bonchev–Trinajstić information content (AvgIpc) is 1.69. The number of rotatable bonds is 2. The van der Waals surface area contributed by atoms with Crippen LogP contribution in [0.2, 0.25) is 0 Å². The summed E-state index contributed by atoms with van der Waals surface area (Å²) in [5.41, 5.74) is 3.98. The Morgan fingerprint density at radius 3 is 1.71 bits per heavy atom. The van der Waals surface area contributed by atoms with Gasteiger partial charge in [-0.05, 0) is 0 Å². The molecule has 0 aliphatic rings. The van der Waals surface area contributed by atoms with Crippen molar-refractivity contribution in [1.29, 1.82) is 0 Å². The van der Waals surface area contributed by atoms with Gasteiger partial charge in [0, 0.05) is 20.5 Å². The molecule has 0 aromatic rings. The van der Waals surface area contributed by atoms with Crippen molar-refractivity contribution in [2.45, 2.75) is 0 Å². The van der Waals surface area contributed by atoms with Gasteiger partial charge in [0.25, 0.3) is 0 Å². The molecule has 0 aliphatic carbocycles. The standard InChI is InChI=1S/C4H10OSi2/c6-3-1-5-2-4-7/h1-4H,6-7H3. The zero-order valence-corrected chi connectivity index (χ0v) is 8.72. The molecule has 40 valence electrons. The van der Waals surface area contributed by atoms with Crippen LogP contribution in [0.4, 0.5) is 0 Å². The molecule has 0 amide bonds. The van der Waals surface area contributed by atoms with E-state index in [4.69, 9.17) is 4.74 Å². The van der Waals surface area contributed by atoms with Crippen molar-refractivity contribution in [2.24, 2.45) is 0 Å². The molecule has 0 saturated heterocycles. The van der Waals surface area contributed by atoms with Gasteiger partial charge in [-0.2, -0.15) is 0 Å². The van der Waals surface area contributed by atoms with Gasteiger partial charge < -0.3 is 4.74 Å². The highest BCUT2D eigenvalue weighted by Crippen LogP contribution is 1.73. The van der Waals surface area contributed by atoms with E-state index in [0.717, 1.165) is 20.5 Å². The molecule has 0 N–H and O–H groups in total. The van der Waals surface area contributed by atoms with E-state index in [2.05, 4.69) is 0 Å². The van der Waals surface area contributed by atoms with Crippen molar-refractivity contribution in [2.75, 3.05) is 0 Å². The molecule has 0 aromatic carbocycles. The molecule has 0 fully saturated rings. The highest BCUT2D eigenvalue weighted by atomic mass is 28.1. The molecule has 0 atom stereocenters. The molecule has 0 rings (SSSR count). The van der Waals surface area contributed by atoms with Crippen LogP contribution in [-0.4, -0.2) is 20.5 Å². The molecule has 0 aromatic heterocycles. The molecular weight excluding hydrogens is 120 g/mol. The van der Waals surface area contributed by atoms with E-state index in [1.807, 2.05) is 11.4 Å². The van der Waals surface area contributed by atoms with Crippen molar-refractivity contribution < 1.29 is 4.74 Å². The first kappa shape index (κ1) is 6.71. The third-order valence-electron chi connectivity index (χ3n) is 0.429. The Morgan fingerprint density at radius 1 is 1.00 bits per heavy atom. The number of hydrogen-bond donors (Lipinski definition) is 0. The van der Waals surface area contributed by atoms with Crippen LogP contribution in [0.1, 0.15) is 0 Å². The van der Waals surface area contributed by atoms with Crippen molar-refractivity contribution in [3.05, 3.63) is 23.9 Å². The van der Waals surface area contributed by atoms with Crippen molar-refractivity contribution in [1.82, 2.24) is 0 Å². The zero-order chi connectivity index (χ0) is 5.54. The van der Waals surface area contributed by atoms with E-state index in [-0.39, 0.29) is 0 Å². The molecule has 0 unspecified atom stereocenters. The minimum absolute atomic E-state index is 1.08. The normalized spacial score (nSPS) is 12.0. The van der Waals surface area contributed by atoms with Crippen LogP contribution in [0, 0.1) is 0 Å². The van der Waals surface area contributed by atoms with Gasteiger partial charge in [0.05, 0.1) is 12.5 Å². The van der Waals surface area contributed by atoms with Crippen LogP contribution in [0.25, 0.3) is 0 Å². The first-order valence-electron chi connectivity index (χ1n) is 2.29. The second kappa shape index (κ2) is 5.71. The fraction of sp³-hybridized carbons (Fsp3) is 0. The van der Waals surface area contributed by atoms with Gasteiger partial charge in [0.1, 0.15) is 0 Å². The summed E-state index contributed by atoms with van der Waals surface area (Å²) in [6.45, 7) is 0. The van der Waals surface area contributed by atoms with E-state index in [9.17, 15) is 0 Å². The SMILES string of the molecule is [SiH3]C=COC=C[SiH3]. The maximum absolute atomic E-state index is 4.84. The second-order valence-corrected chi connectivity index (χ2v) is 2.41. The second-order valence-electron chi connectivity index (χ2n) is 1.07. The maximum atomic E-state index is 4.84. The van der Waals surface area contributed by atoms with Gasteiger partial charge in [-0.15, -0.1) is 0 Å². The molecule has 0 saturated carbocycles. The molecule has 0 radical (unpaired) electrons. The lowest BCUT2D eigenvalue weighted by molar-refractivity contribution is 0.405. The molecule has 0 spiro atoms. The average molecular weight is 130 g/mol. The summed E-state index contributed by atoms with van der Waals surface area (Å²) in [5, 5.41) is 0. The van der Waals surface area contributed by atoms with Gasteiger partial charge >= 0.3 is 0 Å². The highest BCUT2D eigenvalue weighted by Gasteiger charge is 1.57. The predicted molar refractivity (Wildman–Crippen MR) is 39.2 cm³/mol. The lowest BCUT2D eigenvalue weighted by Crippen LogP contribution is -1.63. The first-order chi connectivity index (χ1) is 3.41. The summed E-state index contributed by atoms with van der Waals surface area (Å²) >= 11 is 0. The minimum atomic E-state index is 1.08. The lowest BCUT2D eigenvalue weighted by Gasteiger charge is -1.82. The molecule has 7 heavy (non-hydrogen) atoms. The van der Waals surface area contributed by atoms with Crippen LogP contribution >= 0.6 is 0 Å². The zero-order valence-electron chi connectivity index (χ0n) is 4.72. The Hall–Kier alpha value is -0.286. The number of hydrogen-bond acceptors (Lipinski definition) is 1. The van der Waals surface area contributed by atoms with Crippen LogP contribution in [0.15, 0.2) is 23.9 Å². The largest absolute Gasteiger partial charge is 0.474 e. The molecule has 0 bridgehead atoms. The third-order valence-corrected chi connectivity index (χ3v) is 0.974. The highest BCUT2D eigenvalue weighted by molar-refractivity contribution is 6.17. The van der Waals surface area contributed by atoms with Crippen LogP contribution in [0.5, 0.6) is 0 Å². The maximum Gasteiger partial charge on any atom is 0.0813 e. The Balaban J connectivity index is 2.98. The van der Waals surface area contributed by atoms with E-state index in [0.29, 0.717) is 0 Å². The van der Waals surface area contributed by atoms with Crippen LogP contribution in [-0.2, 0) is 4.74 Å². The monoisotopic (exact) mass is 130 g/mol. The van der Waals surface area contributed by atoms with E-state index < -0.39 is 0 Å². The lowest BCUT2D eigenvalue weighted by atomic mass is 11.1. The smallest absolute Gasteiger partial charge is 0.0813 e. The van der Waals surface area contributed by atoms with Crippen LogP contribution in [0.3, 0.4) is 0 Å². The number of ether oxygens (including phenoxy) is 1. The van der Waals surface area contributed by atoms with E-state index in [1.165, 1.54) is 0 Å². The molecule has 1 nitrogen and oxygen atoms in total. The van der Waals surface area contributed by atoms with Gasteiger partial charge in [0.15, 0.2) is 0 Å². The summed E-state index contributed by atoms with van der Waals surface area (Å²) in [4.78, 5) is 0. The summed E-state index contributed by atoms with van der Waals surface area (Å²) in [7, 11) is 2.16. The molecule has 0 aliphatic heterocycles. The molecule has 3 heteroatoms. The molecular formula is C4H10OSi2. The Labute approximate surface area is 49.9 Å². The Morgan fingerprint density at radius 2 is 1.43 bits per heavy atom. The summed E-state index contributed by atoms with van der Waals surface area (Å²) in [6, 6.07) is 0. The Kier molecular flexibility index (Phi) is 5.48. The van der Waals surface area contributed by atoms with Crippen LogP contribution < -0.4 is 0 Å². The first-order valence-corrected chi connectivity index (χ1v) is 4.60. The third kappa shape index (κ3) is 5.71. The fourth-order valence-corrected chi connectivity index (χ4v) is 0.517. The van der Waals surface area contributed by atoms with E-state index >= 15 is 0 Å². The topological polar surface area (TPSA) is 9.23 Å². The molecule has 0 heterocycles. The van der Waals surface area contributed by atoms with Gasteiger partial charge in [-0.3, -0.25) is 0 Å².